The number of nitrogens with zero attached hydrogens (tertiary/aromatic N) is 4. The van der Waals surface area contributed by atoms with Gasteiger partial charge in [0.05, 0.1) is 52.0 Å². The van der Waals surface area contributed by atoms with E-state index in [-0.39, 0.29) is 12.6 Å². The highest BCUT2D eigenvalue weighted by Gasteiger charge is 2.48. The molecule has 4 aromatic rings. The molecular formula is C29H36N6O4S. The highest BCUT2D eigenvalue weighted by molar-refractivity contribution is 7.21. The van der Waals surface area contributed by atoms with Gasteiger partial charge in [0.15, 0.2) is 0 Å². The van der Waals surface area contributed by atoms with Gasteiger partial charge in [-0.05, 0) is 52.2 Å². The van der Waals surface area contributed by atoms with Crippen LogP contribution in [-0.2, 0) is 6.42 Å². The number of pyridine rings is 1. The lowest BCUT2D eigenvalue weighted by atomic mass is 9.88. The first-order chi connectivity index (χ1) is 19.0. The Balaban J connectivity index is 1.53. The standard InChI is InChI=1S/C29H36N6O4S/c1-15-22(27-34-23-16(2)30-11-10-21(23)40-27)26(33-20-13-19(29(3,4)39)24(37)25(20)38)35-28(31-15)32-18(14-36)12-17-8-6-5-7-9-17/h5-11,18-20,24-25,36-39H,12-14H2,1-4H3,(H2,31,32,33,35)/t18-,19+,20-,24-,25+/m1/s1. The summed E-state index contributed by atoms with van der Waals surface area (Å²) in [4.78, 5) is 18.7. The van der Waals surface area contributed by atoms with Gasteiger partial charge in [0.1, 0.15) is 22.4 Å². The molecule has 0 saturated heterocycles. The summed E-state index contributed by atoms with van der Waals surface area (Å²) in [6.45, 7) is 6.94. The van der Waals surface area contributed by atoms with Crippen LogP contribution in [0.4, 0.5) is 11.8 Å². The van der Waals surface area contributed by atoms with Crippen LogP contribution < -0.4 is 10.6 Å². The lowest BCUT2D eigenvalue weighted by molar-refractivity contribution is -0.0601. The van der Waals surface area contributed by atoms with Crippen molar-refractivity contribution in [1.82, 2.24) is 19.9 Å². The Morgan fingerprint density at radius 2 is 1.77 bits per heavy atom. The smallest absolute Gasteiger partial charge is 0.225 e. The van der Waals surface area contributed by atoms with Gasteiger partial charge in [0.25, 0.3) is 0 Å². The van der Waals surface area contributed by atoms with Gasteiger partial charge in [-0.1, -0.05) is 30.3 Å². The number of anilines is 2. The Morgan fingerprint density at radius 3 is 2.42 bits per heavy atom. The molecule has 1 aliphatic carbocycles. The van der Waals surface area contributed by atoms with Crippen molar-refractivity contribution in [2.45, 2.75) is 70.4 Å². The van der Waals surface area contributed by atoms with Gasteiger partial charge in [-0.25, -0.2) is 9.97 Å². The molecule has 10 nitrogen and oxygen atoms in total. The second-order valence-corrected chi connectivity index (χ2v) is 12.1. The van der Waals surface area contributed by atoms with E-state index in [1.54, 1.807) is 20.0 Å². The van der Waals surface area contributed by atoms with E-state index in [4.69, 9.17) is 15.0 Å². The first kappa shape index (κ1) is 28.3. The summed E-state index contributed by atoms with van der Waals surface area (Å²) in [5, 5.41) is 49.6. The van der Waals surface area contributed by atoms with Crippen LogP contribution in [0.25, 0.3) is 20.8 Å². The minimum Gasteiger partial charge on any atom is -0.394 e. The zero-order valence-electron chi connectivity index (χ0n) is 23.0. The molecular weight excluding hydrogens is 528 g/mol. The van der Waals surface area contributed by atoms with E-state index >= 15 is 0 Å². The SMILES string of the molecule is Cc1nc(N[C@@H](CO)Cc2ccccc2)nc(N[C@@H]2C[C@H](C(C)(C)O)[C@@H](O)[C@H]2O)c1-c1nc2c(C)nccc2s1. The molecule has 1 saturated carbocycles. The lowest BCUT2D eigenvalue weighted by Crippen LogP contribution is -2.40. The largest absolute Gasteiger partial charge is 0.394 e. The van der Waals surface area contributed by atoms with Crippen molar-refractivity contribution in [2.75, 3.05) is 17.2 Å². The minimum atomic E-state index is -1.17. The number of hydrogen-bond acceptors (Lipinski definition) is 11. The van der Waals surface area contributed by atoms with Crippen LogP contribution in [0.3, 0.4) is 0 Å². The average molecular weight is 565 g/mol. The lowest BCUT2D eigenvalue weighted by Gasteiger charge is -2.28. The highest BCUT2D eigenvalue weighted by Crippen LogP contribution is 2.40. The van der Waals surface area contributed by atoms with Crippen molar-refractivity contribution in [3.63, 3.8) is 0 Å². The summed E-state index contributed by atoms with van der Waals surface area (Å²) in [6, 6.07) is 10.9. The molecule has 5 atom stereocenters. The zero-order valence-corrected chi connectivity index (χ0v) is 23.9. The molecule has 5 rings (SSSR count). The molecule has 0 bridgehead atoms. The number of hydrogen-bond donors (Lipinski definition) is 6. The van der Waals surface area contributed by atoms with Crippen LogP contribution in [0.15, 0.2) is 42.6 Å². The first-order valence-corrected chi connectivity index (χ1v) is 14.2. The molecule has 1 aromatic carbocycles. The maximum atomic E-state index is 10.9. The zero-order chi connectivity index (χ0) is 28.6. The summed E-state index contributed by atoms with van der Waals surface area (Å²) in [5.41, 5.74) is 2.87. The third kappa shape index (κ3) is 5.79. The number of aliphatic hydroxyl groups is 4. The molecule has 0 spiro atoms. The van der Waals surface area contributed by atoms with E-state index in [0.717, 1.165) is 21.5 Å². The Hall–Kier alpha value is -3.22. The number of benzene rings is 1. The summed E-state index contributed by atoms with van der Waals surface area (Å²) in [5.74, 6) is 0.248. The Morgan fingerprint density at radius 1 is 1.02 bits per heavy atom. The molecule has 11 heteroatoms. The Bertz CT molecular complexity index is 1470. The molecule has 0 aliphatic heterocycles. The summed E-state index contributed by atoms with van der Waals surface area (Å²) in [6.07, 6.45) is 0.468. The van der Waals surface area contributed by atoms with E-state index in [9.17, 15) is 20.4 Å². The van der Waals surface area contributed by atoms with E-state index in [0.29, 0.717) is 40.9 Å². The highest BCUT2D eigenvalue weighted by atomic mass is 32.1. The minimum absolute atomic E-state index is 0.118. The Labute approximate surface area is 237 Å². The number of fused-ring (bicyclic) bond motifs is 1. The van der Waals surface area contributed by atoms with Crippen LogP contribution >= 0.6 is 11.3 Å². The number of nitrogens with one attached hydrogen (secondary N) is 2. The normalized spacial score (nSPS) is 22.0. The molecule has 3 heterocycles. The second-order valence-electron chi connectivity index (χ2n) is 11.1. The van der Waals surface area contributed by atoms with Gasteiger partial charge in [-0.15, -0.1) is 11.3 Å². The van der Waals surface area contributed by atoms with Crippen molar-refractivity contribution in [1.29, 1.82) is 0 Å². The molecule has 0 unspecified atom stereocenters. The van der Waals surface area contributed by atoms with Crippen LogP contribution in [0.5, 0.6) is 0 Å². The fourth-order valence-electron chi connectivity index (χ4n) is 5.38. The van der Waals surface area contributed by atoms with Gasteiger partial charge in [0, 0.05) is 12.1 Å². The number of thiazole rings is 1. The van der Waals surface area contributed by atoms with Crippen molar-refractivity contribution >= 4 is 33.3 Å². The molecule has 0 radical (unpaired) electrons. The van der Waals surface area contributed by atoms with E-state index < -0.39 is 29.8 Å². The van der Waals surface area contributed by atoms with Crippen LogP contribution in [0.2, 0.25) is 0 Å². The fraction of sp³-hybridized carbons (Fsp3) is 0.448. The van der Waals surface area contributed by atoms with Crippen molar-refractivity contribution in [2.24, 2.45) is 5.92 Å². The van der Waals surface area contributed by atoms with E-state index in [2.05, 4.69) is 15.6 Å². The quantitative estimate of drug-likeness (QED) is 0.179. The van der Waals surface area contributed by atoms with Crippen molar-refractivity contribution in [3.8, 4) is 10.6 Å². The number of rotatable bonds is 9. The predicted octanol–water partition coefficient (Wildman–Crippen LogP) is 3.07. The molecule has 6 N–H and O–H groups in total. The maximum absolute atomic E-state index is 10.9. The van der Waals surface area contributed by atoms with E-state index in [1.165, 1.54) is 11.3 Å². The number of aromatic nitrogens is 4. The molecule has 212 valence electrons. The van der Waals surface area contributed by atoms with Gasteiger partial charge < -0.3 is 31.1 Å². The predicted molar refractivity (Wildman–Crippen MR) is 156 cm³/mol. The molecule has 1 aliphatic rings. The third-order valence-corrected chi connectivity index (χ3v) is 8.62. The topological polar surface area (TPSA) is 157 Å². The second kappa shape index (κ2) is 11.3. The Kier molecular flexibility index (Phi) is 8.03. The number of aliphatic hydroxyl groups excluding tert-OH is 3. The first-order valence-electron chi connectivity index (χ1n) is 13.4. The fourth-order valence-corrected chi connectivity index (χ4v) is 6.49. The summed E-state index contributed by atoms with van der Waals surface area (Å²) >= 11 is 1.50. The van der Waals surface area contributed by atoms with Gasteiger partial charge in [-0.3, -0.25) is 4.98 Å². The van der Waals surface area contributed by atoms with Crippen LogP contribution in [0, 0.1) is 19.8 Å². The monoisotopic (exact) mass is 564 g/mol. The maximum Gasteiger partial charge on any atom is 0.225 e. The van der Waals surface area contributed by atoms with Crippen LogP contribution in [-0.4, -0.2) is 76.9 Å². The van der Waals surface area contributed by atoms with Gasteiger partial charge in [0.2, 0.25) is 5.95 Å². The van der Waals surface area contributed by atoms with Crippen LogP contribution in [0.1, 0.15) is 37.2 Å². The number of aryl methyl sites for hydroxylation is 2. The molecule has 3 aromatic heterocycles. The van der Waals surface area contributed by atoms with Gasteiger partial charge in [-0.2, -0.15) is 4.98 Å². The molecule has 0 amide bonds. The van der Waals surface area contributed by atoms with Crippen molar-refractivity contribution < 1.29 is 20.4 Å². The van der Waals surface area contributed by atoms with Gasteiger partial charge >= 0.3 is 0 Å². The average Bonchev–Trinajstić information content (AvgIpc) is 3.46. The summed E-state index contributed by atoms with van der Waals surface area (Å²) < 4.78 is 0.983. The third-order valence-electron chi connectivity index (χ3n) is 7.58. The van der Waals surface area contributed by atoms with Crippen molar-refractivity contribution in [3.05, 3.63) is 59.5 Å². The molecule has 1 fully saturated rings. The molecule has 40 heavy (non-hydrogen) atoms. The van der Waals surface area contributed by atoms with E-state index in [1.807, 2.05) is 50.2 Å². The summed E-state index contributed by atoms with van der Waals surface area (Å²) in [7, 11) is 0.